The third kappa shape index (κ3) is 2.12. The Hall–Kier alpha value is 0.210. The van der Waals surface area contributed by atoms with Crippen LogP contribution in [0.25, 0.3) is 0 Å². The van der Waals surface area contributed by atoms with Crippen molar-refractivity contribution in [3.05, 3.63) is 0 Å². The lowest BCUT2D eigenvalue weighted by molar-refractivity contribution is 0.742. The van der Waals surface area contributed by atoms with E-state index >= 15 is 0 Å². The molecule has 1 atom stereocenters. The molecular formula is C4H11ClN2. The lowest BCUT2D eigenvalue weighted by Gasteiger charge is -1.91. The first-order chi connectivity index (χ1) is 2.89. The fourth-order valence-corrected chi connectivity index (χ4v) is 0.677. The van der Waals surface area contributed by atoms with Crippen LogP contribution in [-0.4, -0.2) is 19.1 Å². The van der Waals surface area contributed by atoms with E-state index in [1.807, 2.05) is 0 Å². The monoisotopic (exact) mass is 122 g/mol. The SMILES string of the molecule is Cl.N[C@@H]1CCNC1. The summed E-state index contributed by atoms with van der Waals surface area (Å²) in [5, 5.41) is 3.15. The average Bonchev–Trinajstić information content (AvgIpc) is 1.86. The summed E-state index contributed by atoms with van der Waals surface area (Å²) in [5.41, 5.74) is 5.47. The van der Waals surface area contributed by atoms with Gasteiger partial charge >= 0.3 is 0 Å². The Morgan fingerprint density at radius 1 is 1.57 bits per heavy atom. The van der Waals surface area contributed by atoms with E-state index in [4.69, 9.17) is 5.73 Å². The normalized spacial score (nSPS) is 29.6. The predicted octanol–water partition coefficient (Wildman–Crippen LogP) is -0.271. The molecule has 1 fully saturated rings. The van der Waals surface area contributed by atoms with Gasteiger partial charge in [0.2, 0.25) is 0 Å². The fourth-order valence-electron chi connectivity index (χ4n) is 0.677. The van der Waals surface area contributed by atoms with Gasteiger partial charge in [-0.1, -0.05) is 0 Å². The molecule has 0 aliphatic carbocycles. The largest absolute Gasteiger partial charge is 0.327 e. The van der Waals surface area contributed by atoms with E-state index in [0.29, 0.717) is 6.04 Å². The fraction of sp³-hybridized carbons (Fsp3) is 1.00. The van der Waals surface area contributed by atoms with Gasteiger partial charge in [0.1, 0.15) is 0 Å². The Morgan fingerprint density at radius 3 is 2.43 bits per heavy atom. The zero-order valence-corrected chi connectivity index (χ0v) is 5.00. The molecule has 1 aliphatic rings. The van der Waals surface area contributed by atoms with Gasteiger partial charge < -0.3 is 11.1 Å². The summed E-state index contributed by atoms with van der Waals surface area (Å²) in [4.78, 5) is 0. The Kier molecular flexibility index (Phi) is 3.34. The molecule has 1 saturated heterocycles. The van der Waals surface area contributed by atoms with Crippen molar-refractivity contribution in [3.8, 4) is 0 Å². The Labute approximate surface area is 49.9 Å². The first-order valence-corrected chi connectivity index (χ1v) is 2.36. The van der Waals surface area contributed by atoms with Crippen LogP contribution >= 0.6 is 12.4 Å². The van der Waals surface area contributed by atoms with Crippen LogP contribution in [0.3, 0.4) is 0 Å². The van der Waals surface area contributed by atoms with Crippen LogP contribution in [0.15, 0.2) is 0 Å². The number of hydrogen-bond acceptors (Lipinski definition) is 2. The molecule has 7 heavy (non-hydrogen) atoms. The summed E-state index contributed by atoms with van der Waals surface area (Å²) in [6.07, 6.45) is 1.15. The van der Waals surface area contributed by atoms with Crippen molar-refractivity contribution in [3.63, 3.8) is 0 Å². The van der Waals surface area contributed by atoms with Gasteiger partial charge in [0.25, 0.3) is 0 Å². The number of nitrogens with two attached hydrogens (primary N) is 1. The summed E-state index contributed by atoms with van der Waals surface area (Å²) in [6, 6.07) is 0.435. The highest BCUT2D eigenvalue weighted by molar-refractivity contribution is 5.85. The van der Waals surface area contributed by atoms with Crippen molar-refractivity contribution in [2.75, 3.05) is 13.1 Å². The van der Waals surface area contributed by atoms with Gasteiger partial charge in [0.15, 0.2) is 0 Å². The Bertz CT molecular complexity index is 43.0. The summed E-state index contributed by atoms with van der Waals surface area (Å²) in [5.74, 6) is 0. The predicted molar refractivity (Wildman–Crippen MR) is 32.7 cm³/mol. The third-order valence-corrected chi connectivity index (χ3v) is 1.10. The molecule has 0 aromatic heterocycles. The van der Waals surface area contributed by atoms with Gasteiger partial charge in [-0.25, -0.2) is 0 Å². The van der Waals surface area contributed by atoms with E-state index in [1.54, 1.807) is 0 Å². The average molecular weight is 123 g/mol. The minimum atomic E-state index is 0. The first kappa shape index (κ1) is 7.21. The molecule has 3 heteroatoms. The Morgan fingerprint density at radius 2 is 2.29 bits per heavy atom. The molecule has 0 spiro atoms. The number of nitrogens with one attached hydrogen (secondary N) is 1. The molecule has 0 aromatic rings. The maximum absolute atomic E-state index is 5.47. The highest BCUT2D eigenvalue weighted by Crippen LogP contribution is 1.90. The smallest absolute Gasteiger partial charge is 0.0177 e. The molecule has 2 nitrogen and oxygen atoms in total. The second-order valence-corrected chi connectivity index (χ2v) is 1.75. The van der Waals surface area contributed by atoms with Gasteiger partial charge in [0.05, 0.1) is 0 Å². The highest BCUT2D eigenvalue weighted by atomic mass is 35.5. The lowest BCUT2D eigenvalue weighted by atomic mass is 10.3. The van der Waals surface area contributed by atoms with Crippen LogP contribution in [0.1, 0.15) is 6.42 Å². The summed E-state index contributed by atoms with van der Waals surface area (Å²) < 4.78 is 0. The molecule has 0 unspecified atom stereocenters. The van der Waals surface area contributed by atoms with E-state index in [1.165, 1.54) is 0 Å². The molecule has 0 radical (unpaired) electrons. The van der Waals surface area contributed by atoms with E-state index in [2.05, 4.69) is 5.32 Å². The number of rotatable bonds is 0. The van der Waals surface area contributed by atoms with Crippen molar-refractivity contribution < 1.29 is 0 Å². The van der Waals surface area contributed by atoms with Crippen molar-refractivity contribution in [2.24, 2.45) is 5.73 Å². The van der Waals surface area contributed by atoms with Gasteiger partial charge in [-0.2, -0.15) is 0 Å². The molecular weight excluding hydrogens is 112 g/mol. The van der Waals surface area contributed by atoms with Gasteiger partial charge in [0, 0.05) is 12.6 Å². The second kappa shape index (κ2) is 3.24. The standard InChI is InChI=1S/C4H10N2.ClH/c5-4-1-2-6-3-4;/h4,6H,1-3,5H2;1H/t4-;/m1./s1. The minimum absolute atomic E-state index is 0. The van der Waals surface area contributed by atoms with E-state index < -0.39 is 0 Å². The number of halogens is 1. The summed E-state index contributed by atoms with van der Waals surface area (Å²) in [6.45, 7) is 2.13. The quantitative estimate of drug-likeness (QED) is 0.464. The van der Waals surface area contributed by atoms with E-state index in [-0.39, 0.29) is 12.4 Å². The van der Waals surface area contributed by atoms with Crippen molar-refractivity contribution >= 4 is 12.4 Å². The van der Waals surface area contributed by atoms with Crippen LogP contribution in [0.2, 0.25) is 0 Å². The topological polar surface area (TPSA) is 38.0 Å². The molecule has 0 bridgehead atoms. The second-order valence-electron chi connectivity index (χ2n) is 1.75. The first-order valence-electron chi connectivity index (χ1n) is 2.36. The summed E-state index contributed by atoms with van der Waals surface area (Å²) >= 11 is 0. The van der Waals surface area contributed by atoms with E-state index in [0.717, 1.165) is 19.5 Å². The van der Waals surface area contributed by atoms with Crippen LogP contribution < -0.4 is 11.1 Å². The van der Waals surface area contributed by atoms with Crippen LogP contribution in [-0.2, 0) is 0 Å². The molecule has 1 rings (SSSR count). The molecule has 1 heterocycles. The molecule has 3 N–H and O–H groups in total. The van der Waals surface area contributed by atoms with Crippen LogP contribution in [0.4, 0.5) is 0 Å². The maximum atomic E-state index is 5.47. The highest BCUT2D eigenvalue weighted by Gasteiger charge is 2.06. The molecule has 0 aromatic carbocycles. The molecule has 0 amide bonds. The van der Waals surface area contributed by atoms with Crippen molar-refractivity contribution in [2.45, 2.75) is 12.5 Å². The van der Waals surface area contributed by atoms with Gasteiger partial charge in [-0.3, -0.25) is 0 Å². The maximum Gasteiger partial charge on any atom is 0.0177 e. The van der Waals surface area contributed by atoms with Crippen molar-refractivity contribution in [1.29, 1.82) is 0 Å². The zero-order valence-electron chi connectivity index (χ0n) is 4.18. The molecule has 1 aliphatic heterocycles. The molecule has 44 valence electrons. The van der Waals surface area contributed by atoms with Gasteiger partial charge in [-0.05, 0) is 13.0 Å². The lowest BCUT2D eigenvalue weighted by Crippen LogP contribution is -2.21. The van der Waals surface area contributed by atoms with Gasteiger partial charge in [-0.15, -0.1) is 12.4 Å². The third-order valence-electron chi connectivity index (χ3n) is 1.10. The zero-order chi connectivity index (χ0) is 4.41. The Balaban J connectivity index is 0.000000360. The summed E-state index contributed by atoms with van der Waals surface area (Å²) in [7, 11) is 0. The van der Waals surface area contributed by atoms with Crippen LogP contribution in [0, 0.1) is 0 Å². The molecule has 0 saturated carbocycles. The van der Waals surface area contributed by atoms with E-state index in [9.17, 15) is 0 Å². The minimum Gasteiger partial charge on any atom is -0.327 e. The van der Waals surface area contributed by atoms with Crippen LogP contribution in [0.5, 0.6) is 0 Å². The number of hydrogen-bond donors (Lipinski definition) is 2. The van der Waals surface area contributed by atoms with Crippen molar-refractivity contribution in [1.82, 2.24) is 5.32 Å².